The van der Waals surface area contributed by atoms with Gasteiger partial charge in [-0.15, -0.1) is 0 Å². The Morgan fingerprint density at radius 1 is 1.50 bits per heavy atom. The fourth-order valence-corrected chi connectivity index (χ4v) is 1.59. The van der Waals surface area contributed by atoms with Gasteiger partial charge in [0, 0.05) is 36.6 Å². The van der Waals surface area contributed by atoms with Crippen LogP contribution in [0.25, 0.3) is 0 Å². The first-order valence-electron chi connectivity index (χ1n) is 5.42. The van der Waals surface area contributed by atoms with Gasteiger partial charge in [0.1, 0.15) is 5.69 Å². The fourth-order valence-electron chi connectivity index (χ4n) is 1.59. The fraction of sp³-hybridized carbons (Fsp3) is 0.182. The highest BCUT2D eigenvalue weighted by molar-refractivity contribution is 5.65. The second kappa shape index (κ2) is 5.17. The highest BCUT2D eigenvalue weighted by atomic mass is 16.6. The van der Waals surface area contributed by atoms with Crippen LogP contribution in [0.3, 0.4) is 0 Å². The van der Waals surface area contributed by atoms with Crippen molar-refractivity contribution in [3.05, 3.63) is 46.5 Å². The van der Waals surface area contributed by atoms with Crippen LogP contribution in [-0.4, -0.2) is 21.4 Å². The van der Waals surface area contributed by atoms with Crippen LogP contribution < -0.4 is 11.1 Å². The number of H-pyrrole nitrogens is 1. The van der Waals surface area contributed by atoms with Crippen LogP contribution >= 0.6 is 0 Å². The van der Waals surface area contributed by atoms with Crippen molar-refractivity contribution >= 4 is 17.1 Å². The van der Waals surface area contributed by atoms with Gasteiger partial charge in [-0.1, -0.05) is 0 Å². The van der Waals surface area contributed by atoms with E-state index < -0.39 is 4.92 Å². The van der Waals surface area contributed by atoms with Gasteiger partial charge in [-0.3, -0.25) is 10.1 Å². The van der Waals surface area contributed by atoms with E-state index in [1.54, 1.807) is 24.7 Å². The van der Waals surface area contributed by atoms with E-state index in [2.05, 4.69) is 15.3 Å². The summed E-state index contributed by atoms with van der Waals surface area (Å²) in [5, 5.41) is 13.7. The number of nitro groups is 1. The molecular weight excluding hydrogens is 234 g/mol. The molecule has 7 heteroatoms. The molecule has 0 saturated carbocycles. The van der Waals surface area contributed by atoms with Crippen LogP contribution in [0.4, 0.5) is 17.1 Å². The Balaban J connectivity index is 1.94. The number of aromatic amines is 1. The topological polar surface area (TPSA) is 110 Å². The van der Waals surface area contributed by atoms with E-state index in [0.717, 1.165) is 17.8 Å². The number of rotatable bonds is 5. The number of nitro benzene ring substituents is 1. The number of hydrogen-bond donors (Lipinski definition) is 3. The maximum Gasteiger partial charge on any atom is 0.292 e. The molecule has 0 spiro atoms. The minimum atomic E-state index is -0.496. The summed E-state index contributed by atoms with van der Waals surface area (Å²) in [4.78, 5) is 17.0. The highest BCUT2D eigenvalue weighted by Crippen LogP contribution is 2.24. The Bertz CT molecular complexity index is 538. The van der Waals surface area contributed by atoms with E-state index in [9.17, 15) is 10.1 Å². The molecule has 2 rings (SSSR count). The molecule has 0 aliphatic heterocycles. The van der Waals surface area contributed by atoms with Crippen LogP contribution in [0.1, 0.15) is 5.69 Å². The largest absolute Gasteiger partial charge is 0.393 e. The molecule has 0 saturated heterocycles. The van der Waals surface area contributed by atoms with Gasteiger partial charge in [0.05, 0.1) is 11.3 Å². The molecule has 1 heterocycles. The molecule has 0 radical (unpaired) electrons. The van der Waals surface area contributed by atoms with E-state index >= 15 is 0 Å². The van der Waals surface area contributed by atoms with E-state index in [-0.39, 0.29) is 11.4 Å². The lowest BCUT2D eigenvalue weighted by Crippen LogP contribution is -2.06. The van der Waals surface area contributed by atoms with Crippen molar-refractivity contribution in [1.82, 2.24) is 9.97 Å². The number of hydrogen-bond acceptors (Lipinski definition) is 5. The molecule has 2 aromatic rings. The van der Waals surface area contributed by atoms with Crippen molar-refractivity contribution in [2.45, 2.75) is 6.42 Å². The molecule has 94 valence electrons. The number of nitrogens with one attached hydrogen (secondary N) is 2. The SMILES string of the molecule is Nc1cc(NCCc2cnc[nH]2)ccc1[N+](=O)[O-]. The molecule has 1 aromatic heterocycles. The second-order valence-electron chi connectivity index (χ2n) is 3.78. The number of nitrogen functional groups attached to an aromatic ring is 1. The van der Waals surface area contributed by atoms with Crippen molar-refractivity contribution in [3.63, 3.8) is 0 Å². The van der Waals surface area contributed by atoms with Crippen molar-refractivity contribution < 1.29 is 4.92 Å². The summed E-state index contributed by atoms with van der Waals surface area (Å²) >= 11 is 0. The van der Waals surface area contributed by atoms with E-state index in [0.29, 0.717) is 6.54 Å². The molecule has 0 aliphatic rings. The molecular formula is C11H13N5O2. The summed E-state index contributed by atoms with van der Waals surface area (Å²) in [6.07, 6.45) is 4.17. The first-order chi connectivity index (χ1) is 8.66. The van der Waals surface area contributed by atoms with Crippen LogP contribution in [0.2, 0.25) is 0 Å². The Hall–Kier alpha value is -2.57. The molecule has 4 N–H and O–H groups in total. The number of imidazole rings is 1. The maximum atomic E-state index is 10.6. The van der Waals surface area contributed by atoms with Crippen molar-refractivity contribution in [2.75, 3.05) is 17.6 Å². The van der Waals surface area contributed by atoms with Gasteiger partial charge < -0.3 is 16.0 Å². The summed E-state index contributed by atoms with van der Waals surface area (Å²) in [5.74, 6) is 0. The normalized spacial score (nSPS) is 10.2. The zero-order chi connectivity index (χ0) is 13.0. The molecule has 0 atom stereocenters. The summed E-state index contributed by atoms with van der Waals surface area (Å²) < 4.78 is 0. The van der Waals surface area contributed by atoms with Crippen LogP contribution in [0.15, 0.2) is 30.7 Å². The van der Waals surface area contributed by atoms with Gasteiger partial charge in [-0.2, -0.15) is 0 Å². The molecule has 0 unspecified atom stereocenters. The van der Waals surface area contributed by atoms with Gasteiger partial charge in [-0.25, -0.2) is 4.98 Å². The number of nitrogens with zero attached hydrogens (tertiary/aromatic N) is 2. The third-order valence-electron chi connectivity index (χ3n) is 2.50. The monoisotopic (exact) mass is 247 g/mol. The predicted molar refractivity (Wildman–Crippen MR) is 68.3 cm³/mol. The van der Waals surface area contributed by atoms with Gasteiger partial charge in [0.25, 0.3) is 5.69 Å². The number of benzene rings is 1. The van der Waals surface area contributed by atoms with Crippen LogP contribution in [0, 0.1) is 10.1 Å². The molecule has 7 nitrogen and oxygen atoms in total. The summed E-state index contributed by atoms with van der Waals surface area (Å²) in [6.45, 7) is 0.694. The predicted octanol–water partition coefficient (Wildman–Crippen LogP) is 1.55. The number of anilines is 2. The maximum absolute atomic E-state index is 10.6. The lowest BCUT2D eigenvalue weighted by molar-refractivity contribution is -0.383. The average molecular weight is 247 g/mol. The zero-order valence-corrected chi connectivity index (χ0v) is 9.59. The second-order valence-corrected chi connectivity index (χ2v) is 3.78. The van der Waals surface area contributed by atoms with Gasteiger partial charge in [0.2, 0.25) is 0 Å². The van der Waals surface area contributed by atoms with Crippen molar-refractivity contribution in [2.24, 2.45) is 0 Å². The van der Waals surface area contributed by atoms with E-state index in [1.165, 1.54) is 6.07 Å². The lowest BCUT2D eigenvalue weighted by atomic mass is 10.2. The first-order valence-corrected chi connectivity index (χ1v) is 5.42. The third kappa shape index (κ3) is 2.76. The van der Waals surface area contributed by atoms with Gasteiger partial charge in [0.15, 0.2) is 0 Å². The first kappa shape index (κ1) is 11.9. The lowest BCUT2D eigenvalue weighted by Gasteiger charge is -2.06. The molecule has 0 bridgehead atoms. The Kier molecular flexibility index (Phi) is 3.42. The van der Waals surface area contributed by atoms with Gasteiger partial charge in [-0.05, 0) is 12.1 Å². The summed E-state index contributed by atoms with van der Waals surface area (Å²) in [5.41, 5.74) is 7.46. The molecule has 1 aromatic carbocycles. The van der Waals surface area contributed by atoms with Crippen LogP contribution in [0.5, 0.6) is 0 Å². The highest BCUT2D eigenvalue weighted by Gasteiger charge is 2.10. The van der Waals surface area contributed by atoms with Crippen molar-refractivity contribution in [3.8, 4) is 0 Å². The smallest absolute Gasteiger partial charge is 0.292 e. The Morgan fingerprint density at radius 2 is 2.33 bits per heavy atom. The standard InChI is InChI=1S/C11H13N5O2/c12-10-5-8(1-2-11(10)16(17)18)14-4-3-9-6-13-7-15-9/h1-2,5-7,14H,3-4,12H2,(H,13,15). The van der Waals surface area contributed by atoms with E-state index in [4.69, 9.17) is 5.73 Å². The molecule has 0 fully saturated rings. The zero-order valence-electron chi connectivity index (χ0n) is 9.59. The molecule has 18 heavy (non-hydrogen) atoms. The van der Waals surface area contributed by atoms with Crippen molar-refractivity contribution in [1.29, 1.82) is 0 Å². The minimum absolute atomic E-state index is 0.0749. The molecule has 0 amide bonds. The average Bonchev–Trinajstić information content (AvgIpc) is 2.81. The van der Waals surface area contributed by atoms with Crippen LogP contribution in [-0.2, 0) is 6.42 Å². The Labute approximate surface area is 103 Å². The summed E-state index contributed by atoms with van der Waals surface area (Å²) in [7, 11) is 0. The quantitative estimate of drug-likeness (QED) is 0.422. The number of aromatic nitrogens is 2. The number of nitrogens with two attached hydrogens (primary N) is 1. The Morgan fingerprint density at radius 3 is 2.94 bits per heavy atom. The van der Waals surface area contributed by atoms with Gasteiger partial charge >= 0.3 is 0 Å². The summed E-state index contributed by atoms with van der Waals surface area (Å²) in [6, 6.07) is 4.60. The third-order valence-corrected chi connectivity index (χ3v) is 2.50. The molecule has 0 aliphatic carbocycles. The van der Waals surface area contributed by atoms with E-state index in [1.807, 2.05) is 0 Å². The minimum Gasteiger partial charge on any atom is -0.393 e.